The topological polar surface area (TPSA) is 29.1 Å². The number of halogens is 2. The molecular weight excluding hydrogens is 349 g/mol. The van der Waals surface area contributed by atoms with Gasteiger partial charge in [0.15, 0.2) is 0 Å². The zero-order valence-electron chi connectivity index (χ0n) is 12.5. The van der Waals surface area contributed by atoms with Gasteiger partial charge in [-0.05, 0) is 29.3 Å². The Morgan fingerprint density at radius 1 is 1.13 bits per heavy atom. The number of nitrogens with one attached hydrogen (secondary N) is 1. The second-order valence-corrected chi connectivity index (χ2v) is 6.77. The standard InChI is InChI=1S/C18H17Cl2NOS/c19-16-8-7-15(17(20)12-16)13-23-11-10-21-18(22)9-6-14-4-2-1-3-5-14/h1-9,12H,10-11,13H2,(H,21,22)/b9-6+. The molecule has 0 saturated carbocycles. The molecule has 0 spiro atoms. The van der Waals surface area contributed by atoms with Crippen LogP contribution in [0.4, 0.5) is 0 Å². The summed E-state index contributed by atoms with van der Waals surface area (Å²) < 4.78 is 0. The lowest BCUT2D eigenvalue weighted by Crippen LogP contribution is -2.23. The summed E-state index contributed by atoms with van der Waals surface area (Å²) in [6, 6.07) is 15.2. The van der Waals surface area contributed by atoms with Crippen LogP contribution in [0.25, 0.3) is 6.08 Å². The van der Waals surface area contributed by atoms with Crippen molar-refractivity contribution in [2.24, 2.45) is 0 Å². The molecule has 0 saturated heterocycles. The van der Waals surface area contributed by atoms with Crippen molar-refractivity contribution in [3.05, 3.63) is 75.8 Å². The molecule has 0 unspecified atom stereocenters. The highest BCUT2D eigenvalue weighted by molar-refractivity contribution is 7.98. The maximum Gasteiger partial charge on any atom is 0.244 e. The average molecular weight is 366 g/mol. The zero-order chi connectivity index (χ0) is 16.5. The van der Waals surface area contributed by atoms with Gasteiger partial charge in [-0.25, -0.2) is 0 Å². The lowest BCUT2D eigenvalue weighted by molar-refractivity contribution is -0.116. The molecule has 0 atom stereocenters. The first-order valence-electron chi connectivity index (χ1n) is 7.18. The molecule has 23 heavy (non-hydrogen) atoms. The van der Waals surface area contributed by atoms with E-state index in [1.54, 1.807) is 30.0 Å². The molecule has 2 aromatic rings. The molecule has 2 rings (SSSR count). The van der Waals surface area contributed by atoms with E-state index in [1.807, 2.05) is 42.5 Å². The van der Waals surface area contributed by atoms with Gasteiger partial charge in [-0.3, -0.25) is 4.79 Å². The minimum Gasteiger partial charge on any atom is -0.352 e. The third-order valence-electron chi connectivity index (χ3n) is 3.05. The number of hydrogen-bond acceptors (Lipinski definition) is 2. The van der Waals surface area contributed by atoms with Crippen molar-refractivity contribution in [2.75, 3.05) is 12.3 Å². The van der Waals surface area contributed by atoms with Crippen LogP contribution in [-0.4, -0.2) is 18.2 Å². The molecule has 120 valence electrons. The minimum absolute atomic E-state index is 0.0843. The lowest BCUT2D eigenvalue weighted by Gasteiger charge is -2.05. The summed E-state index contributed by atoms with van der Waals surface area (Å²) in [7, 11) is 0. The highest BCUT2D eigenvalue weighted by Crippen LogP contribution is 2.24. The van der Waals surface area contributed by atoms with Crippen LogP contribution in [0.5, 0.6) is 0 Å². The van der Waals surface area contributed by atoms with Crippen LogP contribution in [0.3, 0.4) is 0 Å². The van der Waals surface area contributed by atoms with Crippen molar-refractivity contribution in [1.29, 1.82) is 0 Å². The van der Waals surface area contributed by atoms with Crippen molar-refractivity contribution < 1.29 is 4.79 Å². The maximum atomic E-state index is 11.7. The second kappa shape index (κ2) is 9.66. The quantitative estimate of drug-likeness (QED) is 0.548. The molecule has 0 bridgehead atoms. The Balaban J connectivity index is 1.65. The van der Waals surface area contributed by atoms with Gasteiger partial charge in [-0.15, -0.1) is 0 Å². The summed E-state index contributed by atoms with van der Waals surface area (Å²) in [5.74, 6) is 1.54. The van der Waals surface area contributed by atoms with Crippen LogP contribution in [0, 0.1) is 0 Å². The normalized spacial score (nSPS) is 10.9. The van der Waals surface area contributed by atoms with Crippen LogP contribution in [-0.2, 0) is 10.5 Å². The van der Waals surface area contributed by atoms with E-state index in [4.69, 9.17) is 23.2 Å². The Labute approximate surface area is 150 Å². The molecule has 0 aliphatic rings. The smallest absolute Gasteiger partial charge is 0.244 e. The lowest BCUT2D eigenvalue weighted by atomic mass is 10.2. The fraction of sp³-hybridized carbons (Fsp3) is 0.167. The maximum absolute atomic E-state index is 11.7. The van der Waals surface area contributed by atoms with E-state index < -0.39 is 0 Å². The molecule has 0 radical (unpaired) electrons. The summed E-state index contributed by atoms with van der Waals surface area (Å²) in [5, 5.41) is 4.18. The van der Waals surface area contributed by atoms with E-state index in [1.165, 1.54) is 0 Å². The molecule has 0 heterocycles. The molecule has 2 nitrogen and oxygen atoms in total. The molecule has 2 aromatic carbocycles. The van der Waals surface area contributed by atoms with Crippen molar-refractivity contribution in [2.45, 2.75) is 5.75 Å². The van der Waals surface area contributed by atoms with Crippen molar-refractivity contribution >= 4 is 46.9 Å². The Kier molecular flexibility index (Phi) is 7.53. The molecule has 0 aliphatic heterocycles. The Morgan fingerprint density at radius 2 is 1.91 bits per heavy atom. The first-order valence-corrected chi connectivity index (χ1v) is 9.09. The predicted octanol–water partition coefficient (Wildman–Crippen LogP) is 5.06. The van der Waals surface area contributed by atoms with E-state index >= 15 is 0 Å². The fourth-order valence-electron chi connectivity index (χ4n) is 1.86. The number of thioether (sulfide) groups is 1. The van der Waals surface area contributed by atoms with E-state index in [-0.39, 0.29) is 5.91 Å². The Hall–Kier alpha value is -1.42. The summed E-state index contributed by atoms with van der Waals surface area (Å²) in [6.45, 7) is 0.619. The van der Waals surface area contributed by atoms with Gasteiger partial charge < -0.3 is 5.32 Å². The summed E-state index contributed by atoms with van der Waals surface area (Å²) in [4.78, 5) is 11.7. The Morgan fingerprint density at radius 3 is 2.65 bits per heavy atom. The highest BCUT2D eigenvalue weighted by Gasteiger charge is 2.01. The van der Waals surface area contributed by atoms with Crippen molar-refractivity contribution in [3.8, 4) is 0 Å². The van der Waals surface area contributed by atoms with Crippen molar-refractivity contribution in [1.82, 2.24) is 5.32 Å². The van der Waals surface area contributed by atoms with Gasteiger partial charge in [-0.1, -0.05) is 59.6 Å². The van der Waals surface area contributed by atoms with Crippen LogP contribution in [0.15, 0.2) is 54.6 Å². The van der Waals surface area contributed by atoms with E-state index in [9.17, 15) is 4.79 Å². The Bertz CT molecular complexity index is 674. The monoisotopic (exact) mass is 365 g/mol. The number of carbonyl (C=O) groups excluding carboxylic acids is 1. The summed E-state index contributed by atoms with van der Waals surface area (Å²) >= 11 is 13.7. The molecule has 5 heteroatoms. The van der Waals surface area contributed by atoms with Gasteiger partial charge in [-0.2, -0.15) is 11.8 Å². The average Bonchev–Trinajstić information content (AvgIpc) is 2.55. The van der Waals surface area contributed by atoms with Gasteiger partial charge in [0.25, 0.3) is 0 Å². The molecule has 0 aromatic heterocycles. The SMILES string of the molecule is O=C(/C=C/c1ccccc1)NCCSCc1ccc(Cl)cc1Cl. The number of amides is 1. The molecule has 1 amide bonds. The largest absolute Gasteiger partial charge is 0.352 e. The molecule has 1 N–H and O–H groups in total. The van der Waals surface area contributed by atoms with E-state index in [2.05, 4.69) is 5.32 Å². The van der Waals surface area contributed by atoms with Crippen LogP contribution in [0.1, 0.15) is 11.1 Å². The summed E-state index contributed by atoms with van der Waals surface area (Å²) in [6.07, 6.45) is 3.35. The summed E-state index contributed by atoms with van der Waals surface area (Å²) in [5.41, 5.74) is 2.06. The third kappa shape index (κ3) is 6.69. The third-order valence-corrected chi connectivity index (χ3v) is 4.64. The van der Waals surface area contributed by atoms with E-state index in [0.29, 0.717) is 16.6 Å². The predicted molar refractivity (Wildman–Crippen MR) is 101 cm³/mol. The van der Waals surface area contributed by atoms with Gasteiger partial charge in [0.05, 0.1) is 0 Å². The van der Waals surface area contributed by atoms with Crippen LogP contribution < -0.4 is 5.32 Å². The first-order chi connectivity index (χ1) is 11.1. The van der Waals surface area contributed by atoms with E-state index in [0.717, 1.165) is 22.6 Å². The van der Waals surface area contributed by atoms with Crippen LogP contribution >= 0.6 is 35.0 Å². The molecular formula is C18H17Cl2NOS. The number of benzene rings is 2. The number of hydrogen-bond donors (Lipinski definition) is 1. The van der Waals surface area contributed by atoms with Crippen molar-refractivity contribution in [3.63, 3.8) is 0 Å². The van der Waals surface area contributed by atoms with Gasteiger partial charge in [0, 0.05) is 34.2 Å². The first kappa shape index (κ1) is 17.9. The van der Waals surface area contributed by atoms with Crippen LogP contribution in [0.2, 0.25) is 10.0 Å². The molecule has 0 aliphatic carbocycles. The highest BCUT2D eigenvalue weighted by atomic mass is 35.5. The van der Waals surface area contributed by atoms with Gasteiger partial charge >= 0.3 is 0 Å². The minimum atomic E-state index is -0.0843. The van der Waals surface area contributed by atoms with Gasteiger partial charge in [0.2, 0.25) is 5.91 Å². The zero-order valence-corrected chi connectivity index (χ0v) is 14.8. The fourth-order valence-corrected chi connectivity index (χ4v) is 3.28. The number of rotatable bonds is 7. The molecule has 0 fully saturated rings. The van der Waals surface area contributed by atoms with Gasteiger partial charge in [0.1, 0.15) is 0 Å². The second-order valence-electron chi connectivity index (χ2n) is 4.82. The number of carbonyl (C=O) groups is 1.